The van der Waals surface area contributed by atoms with Gasteiger partial charge in [0.25, 0.3) is 5.91 Å². The Kier molecular flexibility index (Phi) is 4.85. The Morgan fingerprint density at radius 1 is 1.38 bits per heavy atom. The third-order valence-corrected chi connectivity index (χ3v) is 3.99. The maximum Gasteiger partial charge on any atom is 0.251 e. The quantitative estimate of drug-likeness (QED) is 0.787. The second-order valence-electron chi connectivity index (χ2n) is 5.63. The molecule has 1 aromatic carbocycles. The number of aryl methyl sites for hydroxylation is 1. The maximum atomic E-state index is 12.1. The monoisotopic (exact) mass is 309 g/mol. The van der Waals surface area contributed by atoms with E-state index in [2.05, 4.69) is 10.6 Å². The van der Waals surface area contributed by atoms with E-state index in [0.717, 1.165) is 11.3 Å². The van der Waals surface area contributed by atoms with Gasteiger partial charge in [-0.05, 0) is 48.9 Å². The van der Waals surface area contributed by atoms with Crippen molar-refractivity contribution in [1.82, 2.24) is 5.32 Å². The summed E-state index contributed by atoms with van der Waals surface area (Å²) in [5.74, 6) is 0.514. The lowest BCUT2D eigenvalue weighted by atomic mass is 10.00. The predicted octanol–water partition coefficient (Wildman–Crippen LogP) is 1.46. The zero-order valence-electron chi connectivity index (χ0n) is 11.7. The molecule has 1 aliphatic carbocycles. The second kappa shape index (κ2) is 6.45. The van der Waals surface area contributed by atoms with Crippen molar-refractivity contribution in [2.45, 2.75) is 31.7 Å². The number of rotatable bonds is 4. The van der Waals surface area contributed by atoms with Crippen LogP contribution in [0.2, 0.25) is 0 Å². The maximum absolute atomic E-state index is 12.1. The van der Waals surface area contributed by atoms with Gasteiger partial charge in [0, 0.05) is 30.3 Å². The first-order valence-electron chi connectivity index (χ1n) is 7.10. The molecule has 1 saturated carbocycles. The molecular weight excluding hydrogens is 290 g/mol. The lowest BCUT2D eigenvalue weighted by Crippen LogP contribution is -2.38. The van der Waals surface area contributed by atoms with Gasteiger partial charge >= 0.3 is 0 Å². The van der Waals surface area contributed by atoms with Crippen LogP contribution in [0.5, 0.6) is 0 Å². The largest absolute Gasteiger partial charge is 0.350 e. The van der Waals surface area contributed by atoms with Crippen LogP contribution in [-0.4, -0.2) is 24.4 Å². The number of benzene rings is 1. The van der Waals surface area contributed by atoms with Gasteiger partial charge in [0.2, 0.25) is 5.91 Å². The molecule has 1 atom stereocenters. The van der Waals surface area contributed by atoms with Crippen LogP contribution in [-0.2, 0) is 11.2 Å². The van der Waals surface area contributed by atoms with E-state index in [1.807, 2.05) is 6.07 Å². The summed E-state index contributed by atoms with van der Waals surface area (Å²) in [5, 5.41) is 5.69. The Morgan fingerprint density at radius 3 is 2.86 bits per heavy atom. The lowest BCUT2D eigenvalue weighted by molar-refractivity contribution is -0.116. The van der Waals surface area contributed by atoms with Gasteiger partial charge in [-0.15, -0.1) is 12.4 Å². The van der Waals surface area contributed by atoms with Crippen molar-refractivity contribution in [1.29, 1.82) is 0 Å². The lowest BCUT2D eigenvalue weighted by Gasteiger charge is -2.18. The Hall–Kier alpha value is -1.59. The predicted molar refractivity (Wildman–Crippen MR) is 83.7 cm³/mol. The topological polar surface area (TPSA) is 84.2 Å². The molecule has 2 aliphatic rings. The Bertz CT molecular complexity index is 558. The highest BCUT2D eigenvalue weighted by molar-refractivity contribution is 5.97. The molecular formula is C15H20ClN3O2. The standard InChI is InChI=1S/C15H19N3O2.ClH/c16-12(9-1-2-9)8-17-15(20)11-3-5-13-10(7-11)4-6-14(19)18-13;/h3,5,7,9,12H,1-2,4,6,8,16H2,(H,17,20)(H,18,19);1H. The number of fused-ring (bicyclic) bond motifs is 1. The van der Waals surface area contributed by atoms with Gasteiger partial charge in [-0.2, -0.15) is 0 Å². The number of hydrogen-bond donors (Lipinski definition) is 3. The molecule has 1 aromatic rings. The summed E-state index contributed by atoms with van der Waals surface area (Å²) in [6.07, 6.45) is 3.51. The molecule has 5 nitrogen and oxygen atoms in total. The van der Waals surface area contributed by atoms with E-state index in [0.29, 0.717) is 30.9 Å². The number of halogens is 1. The van der Waals surface area contributed by atoms with Crippen LogP contribution in [0.1, 0.15) is 35.2 Å². The fourth-order valence-electron chi connectivity index (χ4n) is 2.53. The zero-order valence-corrected chi connectivity index (χ0v) is 12.5. The number of carbonyl (C=O) groups is 2. The molecule has 4 N–H and O–H groups in total. The molecule has 3 rings (SSSR count). The summed E-state index contributed by atoms with van der Waals surface area (Å²) in [5.41, 5.74) is 8.43. The molecule has 21 heavy (non-hydrogen) atoms. The van der Waals surface area contributed by atoms with Gasteiger partial charge in [-0.1, -0.05) is 0 Å². The van der Waals surface area contributed by atoms with Crippen LogP contribution < -0.4 is 16.4 Å². The van der Waals surface area contributed by atoms with Crippen LogP contribution in [0.4, 0.5) is 5.69 Å². The molecule has 0 radical (unpaired) electrons. The number of carbonyl (C=O) groups excluding carboxylic acids is 2. The zero-order chi connectivity index (χ0) is 14.1. The number of hydrogen-bond acceptors (Lipinski definition) is 3. The van der Waals surface area contributed by atoms with Crippen LogP contribution in [0.3, 0.4) is 0 Å². The fraction of sp³-hybridized carbons (Fsp3) is 0.467. The summed E-state index contributed by atoms with van der Waals surface area (Å²) >= 11 is 0. The van der Waals surface area contributed by atoms with Gasteiger partial charge in [0.05, 0.1) is 0 Å². The first-order valence-corrected chi connectivity index (χ1v) is 7.10. The van der Waals surface area contributed by atoms with Crippen molar-refractivity contribution in [2.24, 2.45) is 11.7 Å². The van der Waals surface area contributed by atoms with Gasteiger partial charge in [0.1, 0.15) is 0 Å². The van der Waals surface area contributed by atoms with E-state index in [9.17, 15) is 9.59 Å². The molecule has 1 fully saturated rings. The van der Waals surface area contributed by atoms with E-state index >= 15 is 0 Å². The van der Waals surface area contributed by atoms with Crippen molar-refractivity contribution in [2.75, 3.05) is 11.9 Å². The minimum atomic E-state index is -0.0965. The SMILES string of the molecule is Cl.NC(CNC(=O)c1ccc2c(c1)CCC(=O)N2)C1CC1. The van der Waals surface area contributed by atoms with Crippen molar-refractivity contribution in [3.63, 3.8) is 0 Å². The van der Waals surface area contributed by atoms with Gasteiger partial charge in [-0.3, -0.25) is 9.59 Å². The van der Waals surface area contributed by atoms with Gasteiger partial charge < -0.3 is 16.4 Å². The molecule has 6 heteroatoms. The van der Waals surface area contributed by atoms with Crippen molar-refractivity contribution < 1.29 is 9.59 Å². The summed E-state index contributed by atoms with van der Waals surface area (Å²) in [4.78, 5) is 23.4. The van der Waals surface area contributed by atoms with E-state index in [4.69, 9.17) is 5.73 Å². The van der Waals surface area contributed by atoms with Crippen molar-refractivity contribution in [3.8, 4) is 0 Å². The number of nitrogens with one attached hydrogen (secondary N) is 2. The Balaban J connectivity index is 0.00000161. The van der Waals surface area contributed by atoms with E-state index in [-0.39, 0.29) is 30.3 Å². The smallest absolute Gasteiger partial charge is 0.251 e. The number of anilines is 1. The van der Waals surface area contributed by atoms with Crippen LogP contribution >= 0.6 is 12.4 Å². The summed E-state index contributed by atoms with van der Waals surface area (Å²) < 4.78 is 0. The summed E-state index contributed by atoms with van der Waals surface area (Å²) in [6, 6.07) is 5.45. The van der Waals surface area contributed by atoms with E-state index in [1.54, 1.807) is 12.1 Å². The first-order chi connectivity index (χ1) is 9.63. The molecule has 114 valence electrons. The summed E-state index contributed by atoms with van der Waals surface area (Å²) in [7, 11) is 0. The number of amides is 2. The highest BCUT2D eigenvalue weighted by atomic mass is 35.5. The average molecular weight is 310 g/mol. The molecule has 0 saturated heterocycles. The highest BCUT2D eigenvalue weighted by Gasteiger charge is 2.28. The van der Waals surface area contributed by atoms with Crippen molar-refractivity contribution in [3.05, 3.63) is 29.3 Å². The molecule has 0 bridgehead atoms. The van der Waals surface area contributed by atoms with Crippen LogP contribution in [0, 0.1) is 5.92 Å². The molecule has 1 unspecified atom stereocenters. The normalized spacial score (nSPS) is 18.0. The molecule has 2 amide bonds. The minimum absolute atomic E-state index is 0. The minimum Gasteiger partial charge on any atom is -0.350 e. The molecule has 0 spiro atoms. The molecule has 1 heterocycles. The second-order valence-corrected chi connectivity index (χ2v) is 5.63. The van der Waals surface area contributed by atoms with E-state index < -0.39 is 0 Å². The average Bonchev–Trinajstić information content (AvgIpc) is 3.28. The Morgan fingerprint density at radius 2 is 2.14 bits per heavy atom. The molecule has 1 aliphatic heterocycles. The van der Waals surface area contributed by atoms with Crippen molar-refractivity contribution >= 4 is 29.9 Å². The third-order valence-electron chi connectivity index (χ3n) is 3.99. The fourth-order valence-corrected chi connectivity index (χ4v) is 2.53. The van der Waals surface area contributed by atoms with Crippen LogP contribution in [0.15, 0.2) is 18.2 Å². The highest BCUT2D eigenvalue weighted by Crippen LogP contribution is 2.31. The third kappa shape index (κ3) is 3.74. The summed E-state index contributed by atoms with van der Waals surface area (Å²) in [6.45, 7) is 0.525. The van der Waals surface area contributed by atoms with Gasteiger partial charge in [0.15, 0.2) is 0 Å². The van der Waals surface area contributed by atoms with Gasteiger partial charge in [-0.25, -0.2) is 0 Å². The van der Waals surface area contributed by atoms with Crippen LogP contribution in [0.25, 0.3) is 0 Å². The number of nitrogens with two attached hydrogens (primary N) is 1. The molecule has 0 aromatic heterocycles. The first kappa shape index (κ1) is 15.8. The van der Waals surface area contributed by atoms with E-state index in [1.165, 1.54) is 12.8 Å². The Labute approximate surface area is 130 Å².